The molecular formula is C14H18N2O3. The summed E-state index contributed by atoms with van der Waals surface area (Å²) in [5.41, 5.74) is 0.764. The van der Waals surface area contributed by atoms with Crippen LogP contribution < -0.4 is 20.1 Å². The highest BCUT2D eigenvalue weighted by Gasteiger charge is 2.21. The van der Waals surface area contributed by atoms with E-state index >= 15 is 0 Å². The molecule has 0 unspecified atom stereocenters. The molecule has 2 aliphatic heterocycles. The summed E-state index contributed by atoms with van der Waals surface area (Å²) in [6, 6.07) is 5.51. The van der Waals surface area contributed by atoms with Crippen molar-refractivity contribution in [3.05, 3.63) is 18.2 Å². The summed E-state index contributed by atoms with van der Waals surface area (Å²) in [5.74, 6) is 1.57. The molecule has 102 valence electrons. The average molecular weight is 262 g/mol. The van der Waals surface area contributed by atoms with E-state index < -0.39 is 0 Å². The Morgan fingerprint density at radius 1 is 1.26 bits per heavy atom. The number of amides is 1. The number of hydrogen-bond donors (Lipinski definition) is 2. The van der Waals surface area contributed by atoms with Gasteiger partial charge in [0.05, 0.1) is 5.92 Å². The quantitative estimate of drug-likeness (QED) is 0.845. The minimum absolute atomic E-state index is 0.0574. The van der Waals surface area contributed by atoms with Gasteiger partial charge in [-0.25, -0.2) is 0 Å². The van der Waals surface area contributed by atoms with Gasteiger partial charge in [-0.05, 0) is 31.5 Å². The van der Waals surface area contributed by atoms with Gasteiger partial charge in [0.1, 0.15) is 13.2 Å². The molecule has 5 heteroatoms. The van der Waals surface area contributed by atoms with Crippen LogP contribution in [0.15, 0.2) is 18.2 Å². The van der Waals surface area contributed by atoms with Crippen molar-refractivity contribution < 1.29 is 14.3 Å². The average Bonchev–Trinajstić information content (AvgIpc) is 2.48. The summed E-state index contributed by atoms with van der Waals surface area (Å²) in [5, 5.41) is 6.19. The maximum atomic E-state index is 12.1. The number of piperidine rings is 1. The molecule has 1 saturated heterocycles. The van der Waals surface area contributed by atoms with Crippen molar-refractivity contribution >= 4 is 11.6 Å². The van der Waals surface area contributed by atoms with Gasteiger partial charge in [-0.1, -0.05) is 0 Å². The van der Waals surface area contributed by atoms with Crippen LogP contribution in [-0.4, -0.2) is 32.2 Å². The van der Waals surface area contributed by atoms with Gasteiger partial charge < -0.3 is 20.1 Å². The Hall–Kier alpha value is -1.75. The molecule has 2 aliphatic rings. The summed E-state index contributed by atoms with van der Waals surface area (Å²) in [6.07, 6.45) is 2.00. The monoisotopic (exact) mass is 262 g/mol. The van der Waals surface area contributed by atoms with Crippen LogP contribution in [0.3, 0.4) is 0 Å². The van der Waals surface area contributed by atoms with E-state index in [4.69, 9.17) is 9.47 Å². The fourth-order valence-electron chi connectivity index (χ4n) is 2.44. The Bertz CT molecular complexity index is 470. The van der Waals surface area contributed by atoms with Crippen LogP contribution in [0.5, 0.6) is 11.5 Å². The number of ether oxygens (including phenoxy) is 2. The predicted molar refractivity (Wildman–Crippen MR) is 71.7 cm³/mol. The molecule has 0 aromatic heterocycles. The van der Waals surface area contributed by atoms with Crippen LogP contribution in [0.1, 0.15) is 12.8 Å². The number of nitrogens with one attached hydrogen (secondary N) is 2. The molecule has 5 nitrogen and oxygen atoms in total. The van der Waals surface area contributed by atoms with Crippen molar-refractivity contribution in [1.29, 1.82) is 0 Å². The van der Waals surface area contributed by atoms with Gasteiger partial charge in [-0.2, -0.15) is 0 Å². The Morgan fingerprint density at radius 3 is 2.89 bits per heavy atom. The third-order valence-corrected chi connectivity index (χ3v) is 3.48. The number of rotatable bonds is 2. The molecule has 0 bridgehead atoms. The number of carbonyl (C=O) groups is 1. The zero-order chi connectivity index (χ0) is 13.1. The lowest BCUT2D eigenvalue weighted by atomic mass is 9.99. The van der Waals surface area contributed by atoms with Crippen LogP contribution in [-0.2, 0) is 4.79 Å². The molecule has 0 spiro atoms. The SMILES string of the molecule is O=C(Nc1ccc2c(c1)OCCO2)[C@@H]1CCCNC1. The largest absolute Gasteiger partial charge is 0.486 e. The maximum Gasteiger partial charge on any atom is 0.228 e. The first-order valence-corrected chi connectivity index (χ1v) is 6.74. The number of benzene rings is 1. The molecule has 0 aliphatic carbocycles. The number of hydrogen-bond acceptors (Lipinski definition) is 4. The van der Waals surface area contributed by atoms with E-state index in [1.807, 2.05) is 18.2 Å². The highest BCUT2D eigenvalue weighted by atomic mass is 16.6. The van der Waals surface area contributed by atoms with E-state index in [0.29, 0.717) is 19.0 Å². The van der Waals surface area contributed by atoms with Crippen molar-refractivity contribution in [3.8, 4) is 11.5 Å². The van der Waals surface area contributed by atoms with Crippen molar-refractivity contribution in [3.63, 3.8) is 0 Å². The standard InChI is InChI=1S/C14H18N2O3/c17-14(10-2-1-5-15-9-10)16-11-3-4-12-13(8-11)19-7-6-18-12/h3-4,8,10,15H,1-2,5-7,9H2,(H,16,17)/t10-/m1/s1. The van der Waals surface area contributed by atoms with Gasteiger partial charge in [0.2, 0.25) is 5.91 Å². The molecule has 2 N–H and O–H groups in total. The maximum absolute atomic E-state index is 12.1. The summed E-state index contributed by atoms with van der Waals surface area (Å²) in [6.45, 7) is 2.90. The van der Waals surface area contributed by atoms with Crippen molar-refractivity contribution in [1.82, 2.24) is 5.32 Å². The van der Waals surface area contributed by atoms with Crippen molar-refractivity contribution in [2.75, 3.05) is 31.6 Å². The van der Waals surface area contributed by atoms with Crippen molar-refractivity contribution in [2.24, 2.45) is 5.92 Å². The lowest BCUT2D eigenvalue weighted by molar-refractivity contribution is -0.120. The van der Waals surface area contributed by atoms with Crippen LogP contribution in [0.25, 0.3) is 0 Å². The molecule has 1 aromatic rings. The molecule has 1 atom stereocenters. The lowest BCUT2D eigenvalue weighted by Gasteiger charge is -2.23. The van der Waals surface area contributed by atoms with Gasteiger partial charge in [0.15, 0.2) is 11.5 Å². The summed E-state index contributed by atoms with van der Waals surface area (Å²) in [7, 11) is 0. The van der Waals surface area contributed by atoms with Gasteiger partial charge in [0, 0.05) is 18.3 Å². The summed E-state index contributed by atoms with van der Waals surface area (Å²) >= 11 is 0. The van der Waals surface area contributed by atoms with Crippen LogP contribution in [0, 0.1) is 5.92 Å². The normalized spacial score (nSPS) is 21.8. The second-order valence-corrected chi connectivity index (χ2v) is 4.89. The first-order chi connectivity index (χ1) is 9.33. The van der Waals surface area contributed by atoms with Gasteiger partial charge in [-0.15, -0.1) is 0 Å². The zero-order valence-corrected chi connectivity index (χ0v) is 10.8. The number of carbonyl (C=O) groups excluding carboxylic acids is 1. The minimum Gasteiger partial charge on any atom is -0.486 e. The Kier molecular flexibility index (Phi) is 3.55. The lowest BCUT2D eigenvalue weighted by Crippen LogP contribution is -2.37. The number of fused-ring (bicyclic) bond motifs is 1. The van der Waals surface area contributed by atoms with E-state index in [0.717, 1.165) is 37.4 Å². The van der Waals surface area contributed by atoms with E-state index in [-0.39, 0.29) is 11.8 Å². The first kappa shape index (κ1) is 12.3. The van der Waals surface area contributed by atoms with Gasteiger partial charge in [0.25, 0.3) is 0 Å². The molecule has 0 radical (unpaired) electrons. The smallest absolute Gasteiger partial charge is 0.228 e. The molecule has 3 rings (SSSR count). The fourth-order valence-corrected chi connectivity index (χ4v) is 2.44. The Labute approximate surface area is 112 Å². The van der Waals surface area contributed by atoms with Gasteiger partial charge >= 0.3 is 0 Å². The Balaban J connectivity index is 1.67. The van der Waals surface area contributed by atoms with Crippen LogP contribution in [0.4, 0.5) is 5.69 Å². The predicted octanol–water partition coefficient (Wildman–Crippen LogP) is 1.40. The van der Waals surface area contributed by atoms with E-state index in [9.17, 15) is 4.79 Å². The third-order valence-electron chi connectivity index (χ3n) is 3.48. The van der Waals surface area contributed by atoms with E-state index in [2.05, 4.69) is 10.6 Å². The highest BCUT2D eigenvalue weighted by molar-refractivity contribution is 5.93. The molecule has 1 aromatic carbocycles. The van der Waals surface area contributed by atoms with Crippen molar-refractivity contribution in [2.45, 2.75) is 12.8 Å². The van der Waals surface area contributed by atoms with Crippen LogP contribution in [0.2, 0.25) is 0 Å². The molecule has 1 amide bonds. The van der Waals surface area contributed by atoms with Gasteiger partial charge in [-0.3, -0.25) is 4.79 Å². The minimum atomic E-state index is 0.0574. The summed E-state index contributed by atoms with van der Waals surface area (Å²) in [4.78, 5) is 12.1. The third kappa shape index (κ3) is 2.81. The number of anilines is 1. The van der Waals surface area contributed by atoms with E-state index in [1.165, 1.54) is 0 Å². The second kappa shape index (κ2) is 5.48. The molecular weight excluding hydrogens is 244 g/mol. The second-order valence-electron chi connectivity index (χ2n) is 4.89. The summed E-state index contributed by atoms with van der Waals surface area (Å²) < 4.78 is 11.0. The molecule has 19 heavy (non-hydrogen) atoms. The Morgan fingerprint density at radius 2 is 2.11 bits per heavy atom. The van der Waals surface area contributed by atoms with Crippen LogP contribution >= 0.6 is 0 Å². The molecule has 1 fully saturated rings. The zero-order valence-electron chi connectivity index (χ0n) is 10.8. The highest BCUT2D eigenvalue weighted by Crippen LogP contribution is 2.32. The fraction of sp³-hybridized carbons (Fsp3) is 0.500. The molecule has 2 heterocycles. The topological polar surface area (TPSA) is 59.6 Å². The first-order valence-electron chi connectivity index (χ1n) is 6.74. The van der Waals surface area contributed by atoms with E-state index in [1.54, 1.807) is 0 Å². The molecule has 0 saturated carbocycles.